The zero-order chi connectivity index (χ0) is 19.6. The lowest BCUT2D eigenvalue weighted by Crippen LogP contribution is -2.20. The van der Waals surface area contributed by atoms with Gasteiger partial charge in [-0.2, -0.15) is 13.2 Å². The largest absolute Gasteiger partial charge is 0.478 e. The van der Waals surface area contributed by atoms with Gasteiger partial charge in [-0.15, -0.1) is 0 Å². The molecule has 2 rings (SSSR count). The van der Waals surface area contributed by atoms with E-state index in [1.807, 2.05) is 0 Å². The summed E-state index contributed by atoms with van der Waals surface area (Å²) in [5.74, 6) is -4.71. The third kappa shape index (κ3) is 4.37. The molecule has 0 heterocycles. The molecule has 26 heavy (non-hydrogen) atoms. The monoisotopic (exact) mass is 406 g/mol. The fraction of sp³-hybridized carbons (Fsp3) is 0.167. The van der Waals surface area contributed by atoms with Crippen LogP contribution in [0.4, 0.5) is 17.6 Å². The highest BCUT2D eigenvalue weighted by molar-refractivity contribution is 6.34. The number of halogens is 6. The third-order valence-electron chi connectivity index (χ3n) is 3.78. The molecule has 0 fully saturated rings. The van der Waals surface area contributed by atoms with E-state index >= 15 is 0 Å². The maximum atomic E-state index is 14.1. The zero-order valence-corrected chi connectivity index (χ0v) is 14.8. The van der Waals surface area contributed by atoms with Gasteiger partial charge in [0, 0.05) is 10.6 Å². The van der Waals surface area contributed by atoms with E-state index in [9.17, 15) is 22.4 Å². The Morgan fingerprint density at radius 3 is 2.46 bits per heavy atom. The Labute approximate surface area is 156 Å². The van der Waals surface area contributed by atoms with E-state index in [1.54, 1.807) is 0 Å². The topological polar surface area (TPSA) is 37.3 Å². The van der Waals surface area contributed by atoms with Crippen LogP contribution >= 0.6 is 23.2 Å². The summed E-state index contributed by atoms with van der Waals surface area (Å²) in [5.41, 5.74) is -0.180. The molecule has 0 radical (unpaired) electrons. The van der Waals surface area contributed by atoms with Crippen LogP contribution in [-0.2, 0) is 0 Å². The van der Waals surface area contributed by atoms with Crippen molar-refractivity contribution in [3.05, 3.63) is 74.5 Å². The van der Waals surface area contributed by atoms with Gasteiger partial charge in [0.1, 0.15) is 11.7 Å². The van der Waals surface area contributed by atoms with E-state index in [4.69, 9.17) is 28.3 Å². The molecule has 2 aromatic rings. The first-order valence-corrected chi connectivity index (χ1v) is 8.00. The average Bonchev–Trinajstić information content (AvgIpc) is 2.51. The van der Waals surface area contributed by atoms with Crippen LogP contribution in [0.3, 0.4) is 0 Å². The van der Waals surface area contributed by atoms with Crippen LogP contribution in [-0.4, -0.2) is 17.3 Å². The van der Waals surface area contributed by atoms with Crippen LogP contribution in [0, 0.1) is 12.7 Å². The number of hydrogen-bond donors (Lipinski definition) is 1. The summed E-state index contributed by atoms with van der Waals surface area (Å²) in [6.45, 7) is 1.47. The number of allylic oxidation sites excluding steroid dienone is 1. The fourth-order valence-corrected chi connectivity index (χ4v) is 2.97. The lowest BCUT2D eigenvalue weighted by Gasteiger charge is -2.19. The van der Waals surface area contributed by atoms with Gasteiger partial charge >= 0.3 is 12.1 Å². The van der Waals surface area contributed by atoms with Crippen LogP contribution < -0.4 is 0 Å². The normalized spacial score (nSPS) is 13.2. The highest BCUT2D eigenvalue weighted by Gasteiger charge is 2.41. The van der Waals surface area contributed by atoms with Gasteiger partial charge in [0.2, 0.25) is 0 Å². The number of rotatable bonds is 4. The van der Waals surface area contributed by atoms with Gasteiger partial charge < -0.3 is 5.11 Å². The molecule has 0 bridgehead atoms. The van der Waals surface area contributed by atoms with Crippen molar-refractivity contribution in [3.8, 4) is 0 Å². The molecule has 2 aromatic carbocycles. The van der Waals surface area contributed by atoms with E-state index in [0.29, 0.717) is 5.56 Å². The molecule has 0 amide bonds. The SMILES string of the molecule is Cc1c(/C=C/C(c2cc(Cl)cc(Cl)c2F)C(F)(F)F)cccc1C(=O)O. The first kappa shape index (κ1) is 20.3. The maximum absolute atomic E-state index is 14.1. The molecule has 1 N–H and O–H groups in total. The average molecular weight is 407 g/mol. The molecule has 8 heteroatoms. The van der Waals surface area contributed by atoms with Crippen molar-refractivity contribution in [2.75, 3.05) is 0 Å². The van der Waals surface area contributed by atoms with Gasteiger partial charge in [0.25, 0.3) is 0 Å². The molecule has 0 aliphatic carbocycles. The van der Waals surface area contributed by atoms with E-state index in [1.165, 1.54) is 25.1 Å². The van der Waals surface area contributed by atoms with Crippen molar-refractivity contribution in [1.29, 1.82) is 0 Å². The van der Waals surface area contributed by atoms with Crippen LogP contribution in [0.2, 0.25) is 10.0 Å². The Balaban J connectivity index is 2.54. The number of hydrogen-bond acceptors (Lipinski definition) is 1. The van der Waals surface area contributed by atoms with Gasteiger partial charge in [0.05, 0.1) is 10.6 Å². The fourth-order valence-electron chi connectivity index (χ4n) is 2.46. The molecule has 0 spiro atoms. The van der Waals surface area contributed by atoms with Crippen LogP contribution in [0.25, 0.3) is 6.08 Å². The lowest BCUT2D eigenvalue weighted by atomic mass is 9.95. The van der Waals surface area contributed by atoms with Crippen molar-refractivity contribution < 1.29 is 27.5 Å². The zero-order valence-electron chi connectivity index (χ0n) is 13.2. The van der Waals surface area contributed by atoms with Gasteiger partial charge in [-0.25, -0.2) is 9.18 Å². The summed E-state index contributed by atoms with van der Waals surface area (Å²) in [4.78, 5) is 11.1. The predicted octanol–water partition coefficient (Wildman–Crippen LogP) is 6.50. The summed E-state index contributed by atoms with van der Waals surface area (Å²) in [6.07, 6.45) is -2.95. The van der Waals surface area contributed by atoms with Crippen LogP contribution in [0.1, 0.15) is 33.0 Å². The Bertz CT molecular complexity index is 876. The summed E-state index contributed by atoms with van der Waals surface area (Å²) >= 11 is 11.3. The number of alkyl halides is 3. The lowest BCUT2D eigenvalue weighted by molar-refractivity contribution is -0.139. The molecular formula is C18H12Cl2F4O2. The second-order valence-electron chi connectivity index (χ2n) is 5.49. The molecule has 0 aliphatic heterocycles. The molecule has 1 atom stereocenters. The Hall–Kier alpha value is -2.05. The molecule has 2 nitrogen and oxygen atoms in total. The highest BCUT2D eigenvalue weighted by Crippen LogP contribution is 2.40. The van der Waals surface area contributed by atoms with Crippen LogP contribution in [0.15, 0.2) is 36.4 Å². The molecule has 0 aromatic heterocycles. The van der Waals surface area contributed by atoms with E-state index in [0.717, 1.165) is 24.3 Å². The second-order valence-corrected chi connectivity index (χ2v) is 6.34. The summed E-state index contributed by atoms with van der Waals surface area (Å²) in [6, 6.07) is 6.10. The highest BCUT2D eigenvalue weighted by atomic mass is 35.5. The van der Waals surface area contributed by atoms with Crippen molar-refractivity contribution in [3.63, 3.8) is 0 Å². The number of carboxylic acid groups (broad SMARTS) is 1. The third-order valence-corrected chi connectivity index (χ3v) is 4.28. The quantitative estimate of drug-likeness (QED) is 0.464. The second kappa shape index (κ2) is 7.68. The molecule has 0 saturated heterocycles. The number of carboxylic acids is 1. The van der Waals surface area contributed by atoms with Crippen molar-refractivity contribution in [2.24, 2.45) is 0 Å². The molecule has 1 unspecified atom stereocenters. The van der Waals surface area contributed by atoms with Crippen LogP contribution in [0.5, 0.6) is 0 Å². The summed E-state index contributed by atoms with van der Waals surface area (Å²) in [5, 5.41) is 8.45. The van der Waals surface area contributed by atoms with Crippen molar-refractivity contribution in [1.82, 2.24) is 0 Å². The smallest absolute Gasteiger partial charge is 0.399 e. The minimum Gasteiger partial charge on any atom is -0.478 e. The molecular weight excluding hydrogens is 395 g/mol. The van der Waals surface area contributed by atoms with E-state index in [2.05, 4.69) is 0 Å². The summed E-state index contributed by atoms with van der Waals surface area (Å²) in [7, 11) is 0. The van der Waals surface area contributed by atoms with Gasteiger partial charge in [-0.05, 0) is 36.2 Å². The first-order valence-electron chi connectivity index (χ1n) is 7.24. The molecule has 0 aliphatic rings. The van der Waals surface area contributed by atoms with E-state index < -0.39 is 34.5 Å². The van der Waals surface area contributed by atoms with Gasteiger partial charge in [-0.1, -0.05) is 47.5 Å². The van der Waals surface area contributed by atoms with Gasteiger partial charge in [-0.3, -0.25) is 0 Å². The molecule has 138 valence electrons. The standard InChI is InChI=1S/C18H12Cl2F4O2/c1-9-10(3-2-4-12(9)17(25)26)5-6-14(18(22,23)24)13-7-11(19)8-15(20)16(13)21/h2-8,14H,1H3,(H,25,26)/b6-5+. The molecule has 0 saturated carbocycles. The van der Waals surface area contributed by atoms with Crippen molar-refractivity contribution >= 4 is 35.2 Å². The number of benzene rings is 2. The number of aromatic carboxylic acids is 1. The maximum Gasteiger partial charge on any atom is 0.399 e. The summed E-state index contributed by atoms with van der Waals surface area (Å²) < 4.78 is 54.5. The van der Waals surface area contributed by atoms with Gasteiger partial charge in [0.15, 0.2) is 0 Å². The Morgan fingerprint density at radius 1 is 1.23 bits per heavy atom. The van der Waals surface area contributed by atoms with Crippen molar-refractivity contribution in [2.45, 2.75) is 19.0 Å². The number of carbonyl (C=O) groups is 1. The predicted molar refractivity (Wildman–Crippen MR) is 92.4 cm³/mol. The Morgan fingerprint density at radius 2 is 1.88 bits per heavy atom. The first-order chi connectivity index (χ1) is 12.0. The minimum atomic E-state index is -4.80. The van der Waals surface area contributed by atoms with E-state index in [-0.39, 0.29) is 16.1 Å². The Kier molecular flexibility index (Phi) is 5.98. The minimum absolute atomic E-state index is 0.0345.